The largest absolute Gasteiger partial charge is 0.362 e. The zero-order valence-electron chi connectivity index (χ0n) is 8.40. The Labute approximate surface area is 84.4 Å². The molecule has 0 saturated heterocycles. The summed E-state index contributed by atoms with van der Waals surface area (Å²) in [7, 11) is 1.54. The highest BCUT2D eigenvalue weighted by Crippen LogP contribution is 2.10. The SMILES string of the molecule is COC(C#N)/C(C)=C/c1ccccc1. The van der Waals surface area contributed by atoms with E-state index >= 15 is 0 Å². The molecule has 1 aromatic rings. The molecule has 0 radical (unpaired) electrons. The average molecular weight is 187 g/mol. The van der Waals surface area contributed by atoms with Crippen molar-refractivity contribution in [2.24, 2.45) is 0 Å². The normalized spacial score (nSPS) is 13.4. The number of nitriles is 1. The van der Waals surface area contributed by atoms with Crippen LogP contribution in [0, 0.1) is 11.3 Å². The predicted molar refractivity (Wildman–Crippen MR) is 56.5 cm³/mol. The van der Waals surface area contributed by atoms with Crippen molar-refractivity contribution < 1.29 is 4.74 Å². The maximum Gasteiger partial charge on any atom is 0.164 e. The van der Waals surface area contributed by atoms with Crippen LogP contribution < -0.4 is 0 Å². The molecule has 2 heteroatoms. The minimum atomic E-state index is -0.449. The second-order valence-corrected chi connectivity index (χ2v) is 3.04. The third-order valence-electron chi connectivity index (χ3n) is 1.96. The zero-order chi connectivity index (χ0) is 10.4. The fourth-order valence-corrected chi connectivity index (χ4v) is 1.23. The molecular formula is C12H13NO. The van der Waals surface area contributed by atoms with Crippen molar-refractivity contribution in [3.63, 3.8) is 0 Å². The molecule has 72 valence electrons. The van der Waals surface area contributed by atoms with E-state index in [0.717, 1.165) is 11.1 Å². The van der Waals surface area contributed by atoms with E-state index in [1.165, 1.54) is 7.11 Å². The van der Waals surface area contributed by atoms with Gasteiger partial charge >= 0.3 is 0 Å². The van der Waals surface area contributed by atoms with Crippen LogP contribution in [-0.4, -0.2) is 13.2 Å². The summed E-state index contributed by atoms with van der Waals surface area (Å²) < 4.78 is 5.00. The molecule has 0 fully saturated rings. The van der Waals surface area contributed by atoms with Gasteiger partial charge in [-0.2, -0.15) is 5.26 Å². The molecule has 0 heterocycles. The van der Waals surface area contributed by atoms with Gasteiger partial charge in [0, 0.05) is 7.11 Å². The predicted octanol–water partition coefficient (Wildman–Crippen LogP) is 2.63. The second-order valence-electron chi connectivity index (χ2n) is 3.04. The molecule has 0 aliphatic rings. The summed E-state index contributed by atoms with van der Waals surface area (Å²) in [5.41, 5.74) is 2.00. The molecule has 2 nitrogen and oxygen atoms in total. The van der Waals surface area contributed by atoms with E-state index in [1.54, 1.807) is 0 Å². The first kappa shape index (κ1) is 10.5. The molecule has 0 spiro atoms. The quantitative estimate of drug-likeness (QED) is 0.728. The lowest BCUT2D eigenvalue weighted by Gasteiger charge is -2.06. The second kappa shape index (κ2) is 5.21. The molecule has 1 unspecified atom stereocenters. The Hall–Kier alpha value is -1.59. The molecule has 0 amide bonds. The van der Waals surface area contributed by atoms with E-state index in [-0.39, 0.29) is 0 Å². The number of methoxy groups -OCH3 is 1. The first-order valence-corrected chi connectivity index (χ1v) is 4.43. The number of hydrogen-bond acceptors (Lipinski definition) is 2. The summed E-state index contributed by atoms with van der Waals surface area (Å²) in [6.45, 7) is 1.89. The van der Waals surface area contributed by atoms with Gasteiger partial charge in [0.15, 0.2) is 6.10 Å². The highest BCUT2D eigenvalue weighted by molar-refractivity contribution is 5.53. The van der Waals surface area contributed by atoms with E-state index in [1.807, 2.05) is 43.3 Å². The first-order valence-electron chi connectivity index (χ1n) is 4.43. The number of rotatable bonds is 3. The van der Waals surface area contributed by atoms with Gasteiger partial charge in [0.1, 0.15) is 0 Å². The molecule has 0 aliphatic carbocycles. The molecule has 0 N–H and O–H groups in total. The van der Waals surface area contributed by atoms with Crippen molar-refractivity contribution in [2.75, 3.05) is 7.11 Å². The van der Waals surface area contributed by atoms with Gasteiger partial charge in [-0.05, 0) is 18.1 Å². The number of hydrogen-bond donors (Lipinski definition) is 0. The Morgan fingerprint density at radius 2 is 2.07 bits per heavy atom. The van der Waals surface area contributed by atoms with E-state index in [2.05, 4.69) is 6.07 Å². The van der Waals surface area contributed by atoms with Crippen molar-refractivity contribution in [1.82, 2.24) is 0 Å². The van der Waals surface area contributed by atoms with Gasteiger partial charge in [0.05, 0.1) is 6.07 Å². The standard InChI is InChI=1S/C12H13NO/c1-10(12(9-13)14-2)8-11-6-4-3-5-7-11/h3-8,12H,1-2H3/b10-8+. The molecular weight excluding hydrogens is 174 g/mol. The van der Waals surface area contributed by atoms with Crippen molar-refractivity contribution >= 4 is 6.08 Å². The van der Waals surface area contributed by atoms with Gasteiger partial charge < -0.3 is 4.74 Å². The van der Waals surface area contributed by atoms with Crippen LogP contribution in [0.5, 0.6) is 0 Å². The Morgan fingerprint density at radius 1 is 1.43 bits per heavy atom. The molecule has 14 heavy (non-hydrogen) atoms. The van der Waals surface area contributed by atoms with E-state index in [0.29, 0.717) is 0 Å². The lowest BCUT2D eigenvalue weighted by atomic mass is 10.1. The summed E-state index contributed by atoms with van der Waals surface area (Å²) in [6, 6.07) is 12.0. The summed E-state index contributed by atoms with van der Waals surface area (Å²) in [5, 5.41) is 8.76. The van der Waals surface area contributed by atoms with Crippen molar-refractivity contribution in [3.05, 3.63) is 41.5 Å². The minimum absolute atomic E-state index is 0.449. The Kier molecular flexibility index (Phi) is 3.90. The highest BCUT2D eigenvalue weighted by Gasteiger charge is 2.06. The first-order chi connectivity index (χ1) is 6.77. The van der Waals surface area contributed by atoms with E-state index < -0.39 is 6.10 Å². The van der Waals surface area contributed by atoms with E-state index in [4.69, 9.17) is 10.00 Å². The lowest BCUT2D eigenvalue weighted by Crippen LogP contribution is -2.08. The molecule has 1 rings (SSSR count). The van der Waals surface area contributed by atoms with Gasteiger partial charge in [-0.1, -0.05) is 36.4 Å². The van der Waals surface area contributed by atoms with Gasteiger partial charge in [-0.25, -0.2) is 0 Å². The lowest BCUT2D eigenvalue weighted by molar-refractivity contribution is 0.175. The van der Waals surface area contributed by atoms with Crippen LogP contribution in [-0.2, 0) is 4.74 Å². The number of benzene rings is 1. The Balaban J connectivity index is 2.84. The van der Waals surface area contributed by atoms with Gasteiger partial charge in [-0.3, -0.25) is 0 Å². The van der Waals surface area contributed by atoms with Crippen LogP contribution in [0.3, 0.4) is 0 Å². The van der Waals surface area contributed by atoms with Crippen LogP contribution in [0.4, 0.5) is 0 Å². The molecule has 1 atom stereocenters. The number of nitrogens with zero attached hydrogens (tertiary/aromatic N) is 1. The van der Waals surface area contributed by atoms with E-state index in [9.17, 15) is 0 Å². The van der Waals surface area contributed by atoms with Crippen molar-refractivity contribution in [2.45, 2.75) is 13.0 Å². The third-order valence-corrected chi connectivity index (χ3v) is 1.96. The monoisotopic (exact) mass is 187 g/mol. The van der Waals surface area contributed by atoms with Gasteiger partial charge in [0.25, 0.3) is 0 Å². The van der Waals surface area contributed by atoms with Crippen LogP contribution >= 0.6 is 0 Å². The summed E-state index contributed by atoms with van der Waals surface area (Å²) in [5.74, 6) is 0. The summed E-state index contributed by atoms with van der Waals surface area (Å²) >= 11 is 0. The van der Waals surface area contributed by atoms with Crippen molar-refractivity contribution in [1.29, 1.82) is 5.26 Å². The number of ether oxygens (including phenoxy) is 1. The topological polar surface area (TPSA) is 33.0 Å². The third kappa shape index (κ3) is 2.72. The fourth-order valence-electron chi connectivity index (χ4n) is 1.23. The smallest absolute Gasteiger partial charge is 0.164 e. The fraction of sp³-hybridized carbons (Fsp3) is 0.250. The van der Waals surface area contributed by atoms with Crippen LogP contribution in [0.15, 0.2) is 35.9 Å². The maximum absolute atomic E-state index is 8.76. The van der Waals surface area contributed by atoms with Crippen LogP contribution in [0.25, 0.3) is 6.08 Å². The molecule has 1 aromatic carbocycles. The van der Waals surface area contributed by atoms with Gasteiger partial charge in [0.2, 0.25) is 0 Å². The molecule has 0 saturated carbocycles. The van der Waals surface area contributed by atoms with Crippen molar-refractivity contribution in [3.8, 4) is 6.07 Å². The van der Waals surface area contributed by atoms with Crippen LogP contribution in [0.2, 0.25) is 0 Å². The molecule has 0 bridgehead atoms. The zero-order valence-corrected chi connectivity index (χ0v) is 8.40. The Morgan fingerprint density at radius 3 is 2.57 bits per heavy atom. The van der Waals surface area contributed by atoms with Gasteiger partial charge in [-0.15, -0.1) is 0 Å². The Bertz CT molecular complexity index is 348. The molecule has 0 aromatic heterocycles. The highest BCUT2D eigenvalue weighted by atomic mass is 16.5. The summed E-state index contributed by atoms with van der Waals surface area (Å²) in [6.07, 6.45) is 1.51. The van der Waals surface area contributed by atoms with Crippen LogP contribution in [0.1, 0.15) is 12.5 Å². The molecule has 0 aliphatic heterocycles. The summed E-state index contributed by atoms with van der Waals surface area (Å²) in [4.78, 5) is 0. The maximum atomic E-state index is 8.76. The average Bonchev–Trinajstić information content (AvgIpc) is 2.21. The minimum Gasteiger partial charge on any atom is -0.362 e.